The van der Waals surface area contributed by atoms with Crippen molar-refractivity contribution in [3.8, 4) is 0 Å². The van der Waals surface area contributed by atoms with E-state index in [1.54, 1.807) is 0 Å². The van der Waals surface area contributed by atoms with E-state index in [1.165, 1.54) is 0 Å². The molecule has 3 heteroatoms. The van der Waals surface area contributed by atoms with E-state index >= 15 is 0 Å². The van der Waals surface area contributed by atoms with Crippen molar-refractivity contribution in [3.63, 3.8) is 0 Å². The number of hydrogen-bond acceptors (Lipinski definition) is 2. The summed E-state index contributed by atoms with van der Waals surface area (Å²) in [5, 5.41) is 7.43. The second-order valence-corrected chi connectivity index (χ2v) is 3.62. The number of nitrogens with two attached hydrogens (primary N) is 1. The Morgan fingerprint density at radius 2 is 2.00 bits per heavy atom. The molecule has 0 spiro atoms. The quantitative estimate of drug-likeness (QED) is 0.552. The first kappa shape index (κ1) is 10.7. The van der Waals surface area contributed by atoms with Crippen molar-refractivity contribution in [2.24, 2.45) is 5.73 Å². The van der Waals surface area contributed by atoms with E-state index in [4.69, 9.17) is 11.1 Å². The first-order valence-electron chi connectivity index (χ1n) is 4.68. The van der Waals surface area contributed by atoms with Gasteiger partial charge in [-0.3, -0.25) is 5.41 Å². The van der Waals surface area contributed by atoms with Crippen molar-refractivity contribution in [1.29, 1.82) is 5.41 Å². The van der Waals surface area contributed by atoms with Crippen LogP contribution in [0.3, 0.4) is 0 Å². The second kappa shape index (κ2) is 4.77. The summed E-state index contributed by atoms with van der Waals surface area (Å²) < 4.78 is 0. The van der Waals surface area contributed by atoms with Crippen molar-refractivity contribution < 1.29 is 0 Å². The van der Waals surface area contributed by atoms with Gasteiger partial charge in [-0.2, -0.15) is 0 Å². The summed E-state index contributed by atoms with van der Waals surface area (Å²) in [7, 11) is 4.08. The molecule has 0 aliphatic rings. The van der Waals surface area contributed by atoms with Gasteiger partial charge in [-0.15, -0.1) is 0 Å². The Labute approximate surface area is 85.0 Å². The molecular weight excluding hydrogens is 174 g/mol. The van der Waals surface area contributed by atoms with Gasteiger partial charge in [-0.1, -0.05) is 24.3 Å². The van der Waals surface area contributed by atoms with Crippen LogP contribution in [0.25, 0.3) is 0 Å². The van der Waals surface area contributed by atoms with Gasteiger partial charge in [0.1, 0.15) is 5.84 Å². The van der Waals surface area contributed by atoms with Gasteiger partial charge in [0.25, 0.3) is 0 Å². The lowest BCUT2D eigenvalue weighted by atomic mass is 10.0. The molecule has 0 fully saturated rings. The SMILES string of the molecule is CN(C)CCc1ccccc1C(=N)N. The lowest BCUT2D eigenvalue weighted by molar-refractivity contribution is 0.413. The average Bonchev–Trinajstić information content (AvgIpc) is 2.15. The normalized spacial score (nSPS) is 10.5. The summed E-state index contributed by atoms with van der Waals surface area (Å²) in [4.78, 5) is 2.12. The van der Waals surface area contributed by atoms with E-state index in [2.05, 4.69) is 4.90 Å². The summed E-state index contributed by atoms with van der Waals surface area (Å²) in [5.74, 6) is 0.152. The van der Waals surface area contributed by atoms with Crippen molar-refractivity contribution >= 4 is 5.84 Å². The van der Waals surface area contributed by atoms with Gasteiger partial charge in [0, 0.05) is 12.1 Å². The molecule has 0 aliphatic heterocycles. The molecule has 0 bridgehead atoms. The highest BCUT2D eigenvalue weighted by molar-refractivity contribution is 5.96. The molecule has 0 amide bonds. The highest BCUT2D eigenvalue weighted by atomic mass is 15.0. The fourth-order valence-electron chi connectivity index (χ4n) is 1.35. The van der Waals surface area contributed by atoms with E-state index in [0.29, 0.717) is 0 Å². The van der Waals surface area contributed by atoms with Crippen LogP contribution >= 0.6 is 0 Å². The van der Waals surface area contributed by atoms with E-state index < -0.39 is 0 Å². The molecule has 1 aromatic rings. The molecule has 0 aromatic heterocycles. The highest BCUT2D eigenvalue weighted by Crippen LogP contribution is 2.08. The van der Waals surface area contributed by atoms with Gasteiger partial charge in [-0.25, -0.2) is 0 Å². The second-order valence-electron chi connectivity index (χ2n) is 3.62. The Hall–Kier alpha value is -1.35. The van der Waals surface area contributed by atoms with Crippen LogP contribution in [-0.2, 0) is 6.42 Å². The van der Waals surface area contributed by atoms with Crippen LogP contribution < -0.4 is 5.73 Å². The van der Waals surface area contributed by atoms with Crippen LogP contribution in [0, 0.1) is 5.41 Å². The van der Waals surface area contributed by atoms with Crippen LogP contribution in [0.2, 0.25) is 0 Å². The van der Waals surface area contributed by atoms with Crippen LogP contribution in [-0.4, -0.2) is 31.4 Å². The standard InChI is InChI=1S/C11H17N3/c1-14(2)8-7-9-5-3-4-6-10(9)11(12)13/h3-6H,7-8H2,1-2H3,(H3,12,13). The number of benzene rings is 1. The van der Waals surface area contributed by atoms with E-state index in [9.17, 15) is 0 Å². The predicted molar refractivity (Wildman–Crippen MR) is 59.7 cm³/mol. The Balaban J connectivity index is 2.79. The average molecular weight is 191 g/mol. The third kappa shape index (κ3) is 2.85. The minimum absolute atomic E-state index is 0.152. The van der Waals surface area contributed by atoms with Gasteiger partial charge in [-0.05, 0) is 26.1 Å². The fourth-order valence-corrected chi connectivity index (χ4v) is 1.35. The number of nitrogen functional groups attached to an aromatic ring is 1. The van der Waals surface area contributed by atoms with E-state index in [1.807, 2.05) is 38.4 Å². The third-order valence-electron chi connectivity index (χ3n) is 2.14. The van der Waals surface area contributed by atoms with Gasteiger partial charge in [0.15, 0.2) is 0 Å². The maximum Gasteiger partial charge on any atom is 0.123 e. The molecule has 0 radical (unpaired) electrons. The molecule has 0 saturated heterocycles. The summed E-state index contributed by atoms with van der Waals surface area (Å²) in [6.07, 6.45) is 0.933. The maximum atomic E-state index is 7.43. The Morgan fingerprint density at radius 3 is 2.57 bits per heavy atom. The monoisotopic (exact) mass is 191 g/mol. The van der Waals surface area contributed by atoms with Gasteiger partial charge in [0.2, 0.25) is 0 Å². The molecule has 3 N–H and O–H groups in total. The Kier molecular flexibility index (Phi) is 3.65. The minimum atomic E-state index is 0.152. The lowest BCUT2D eigenvalue weighted by Gasteiger charge is -2.11. The topological polar surface area (TPSA) is 53.1 Å². The van der Waals surface area contributed by atoms with Crippen molar-refractivity contribution in [1.82, 2.24) is 4.90 Å². The summed E-state index contributed by atoms with van der Waals surface area (Å²) in [5.41, 5.74) is 7.49. The van der Waals surface area contributed by atoms with Crippen molar-refractivity contribution in [2.75, 3.05) is 20.6 Å². The van der Waals surface area contributed by atoms with Gasteiger partial charge < -0.3 is 10.6 Å². The molecule has 1 rings (SSSR count). The smallest absolute Gasteiger partial charge is 0.123 e. The zero-order valence-electron chi connectivity index (χ0n) is 8.75. The highest BCUT2D eigenvalue weighted by Gasteiger charge is 2.03. The summed E-state index contributed by atoms with van der Waals surface area (Å²) in [6.45, 7) is 0.976. The van der Waals surface area contributed by atoms with Crippen LogP contribution in [0.5, 0.6) is 0 Å². The fraction of sp³-hybridized carbons (Fsp3) is 0.364. The van der Waals surface area contributed by atoms with Gasteiger partial charge in [0.05, 0.1) is 0 Å². The first-order chi connectivity index (χ1) is 6.61. The number of nitrogens with zero attached hydrogens (tertiary/aromatic N) is 1. The zero-order chi connectivity index (χ0) is 10.6. The Morgan fingerprint density at radius 1 is 1.36 bits per heavy atom. The van der Waals surface area contributed by atoms with Crippen LogP contribution in [0.15, 0.2) is 24.3 Å². The minimum Gasteiger partial charge on any atom is -0.384 e. The largest absolute Gasteiger partial charge is 0.384 e. The number of nitrogens with one attached hydrogen (secondary N) is 1. The number of rotatable bonds is 4. The third-order valence-corrected chi connectivity index (χ3v) is 2.14. The summed E-state index contributed by atoms with van der Waals surface area (Å²) >= 11 is 0. The first-order valence-corrected chi connectivity index (χ1v) is 4.68. The Bertz CT molecular complexity index is 318. The van der Waals surface area contributed by atoms with Crippen LogP contribution in [0.1, 0.15) is 11.1 Å². The zero-order valence-corrected chi connectivity index (χ0v) is 8.75. The van der Waals surface area contributed by atoms with E-state index in [0.717, 1.165) is 24.1 Å². The molecule has 1 aromatic carbocycles. The number of likely N-dealkylation sites (N-methyl/N-ethyl adjacent to an activating group) is 1. The molecule has 76 valence electrons. The molecule has 0 unspecified atom stereocenters. The van der Waals surface area contributed by atoms with Gasteiger partial charge >= 0.3 is 0 Å². The number of amidine groups is 1. The molecule has 3 nitrogen and oxygen atoms in total. The van der Waals surface area contributed by atoms with Crippen LogP contribution in [0.4, 0.5) is 0 Å². The molecule has 0 aliphatic carbocycles. The molecule has 14 heavy (non-hydrogen) atoms. The lowest BCUT2D eigenvalue weighted by Crippen LogP contribution is -2.18. The maximum absolute atomic E-state index is 7.43. The summed E-state index contributed by atoms with van der Waals surface area (Å²) in [6, 6.07) is 7.82. The van der Waals surface area contributed by atoms with Crippen molar-refractivity contribution in [3.05, 3.63) is 35.4 Å². The molecule has 0 atom stereocenters. The molecule has 0 heterocycles. The van der Waals surface area contributed by atoms with E-state index in [-0.39, 0.29) is 5.84 Å². The number of hydrogen-bond donors (Lipinski definition) is 2. The molecule has 0 saturated carbocycles. The van der Waals surface area contributed by atoms with Crippen molar-refractivity contribution in [2.45, 2.75) is 6.42 Å². The predicted octanol–water partition coefficient (Wildman–Crippen LogP) is 1.07. The molecular formula is C11H17N3.